The molecule has 136 valence electrons. The molecule has 2 heterocycles. The molecule has 0 atom stereocenters. The smallest absolute Gasteiger partial charge is 0.133 e. The Balaban J connectivity index is 1.76. The summed E-state index contributed by atoms with van der Waals surface area (Å²) in [5.74, 6) is 2.44. The van der Waals surface area contributed by atoms with Gasteiger partial charge in [-0.25, -0.2) is 9.97 Å². The number of aryl methyl sites for hydroxylation is 1. The van der Waals surface area contributed by atoms with Crippen molar-refractivity contribution in [3.63, 3.8) is 0 Å². The number of aromatic nitrogens is 5. The van der Waals surface area contributed by atoms with Crippen molar-refractivity contribution in [3.8, 4) is 0 Å². The minimum atomic E-state index is 0.509. The van der Waals surface area contributed by atoms with Crippen LogP contribution < -0.4 is 4.90 Å². The van der Waals surface area contributed by atoms with Crippen molar-refractivity contribution in [1.82, 2.24) is 25.0 Å². The van der Waals surface area contributed by atoms with Gasteiger partial charge in [0.05, 0.1) is 25.9 Å². The third-order valence-electron chi connectivity index (χ3n) is 4.63. The molecule has 1 saturated carbocycles. The molecule has 0 amide bonds. The normalized spacial score (nSPS) is 15.0. The molecular weight excluding hydrogens is 316 g/mol. The molecule has 7 nitrogen and oxygen atoms in total. The van der Waals surface area contributed by atoms with E-state index in [1.807, 2.05) is 32.3 Å². The lowest BCUT2D eigenvalue weighted by atomic mass is 10.1. The highest BCUT2D eigenvalue weighted by Crippen LogP contribution is 2.32. The standard InChI is InChI=1S/C18H28N6O/c1-3-24-20-13-16(22-24)14-23(11-12-25-4-2)17-9-10-19-18(21-17)15-7-5-6-8-15/h9-10,13,15H,3-8,11-12,14H2,1-2H3. The van der Waals surface area contributed by atoms with Crippen LogP contribution >= 0.6 is 0 Å². The lowest BCUT2D eigenvalue weighted by Gasteiger charge is -2.23. The van der Waals surface area contributed by atoms with Crippen molar-refractivity contribution in [2.24, 2.45) is 0 Å². The molecule has 0 unspecified atom stereocenters. The van der Waals surface area contributed by atoms with Crippen LogP contribution in [0.15, 0.2) is 18.5 Å². The Kier molecular flexibility index (Phi) is 6.33. The summed E-state index contributed by atoms with van der Waals surface area (Å²) in [7, 11) is 0. The van der Waals surface area contributed by atoms with E-state index in [4.69, 9.17) is 9.72 Å². The quantitative estimate of drug-likeness (QED) is 0.652. The maximum absolute atomic E-state index is 5.55. The van der Waals surface area contributed by atoms with E-state index in [9.17, 15) is 0 Å². The highest BCUT2D eigenvalue weighted by molar-refractivity contribution is 5.38. The van der Waals surface area contributed by atoms with Gasteiger partial charge in [-0.3, -0.25) is 0 Å². The Bertz CT molecular complexity index is 653. The van der Waals surface area contributed by atoms with Crippen molar-refractivity contribution in [3.05, 3.63) is 30.0 Å². The number of nitrogens with zero attached hydrogens (tertiary/aromatic N) is 6. The fraction of sp³-hybridized carbons (Fsp3) is 0.667. The first kappa shape index (κ1) is 17.8. The lowest BCUT2D eigenvalue weighted by Crippen LogP contribution is -2.28. The minimum Gasteiger partial charge on any atom is -0.380 e. The van der Waals surface area contributed by atoms with Crippen molar-refractivity contribution >= 4 is 5.82 Å². The molecule has 0 radical (unpaired) electrons. The molecule has 0 bridgehead atoms. The Labute approximate surface area is 149 Å². The van der Waals surface area contributed by atoms with Gasteiger partial charge in [0.25, 0.3) is 0 Å². The summed E-state index contributed by atoms with van der Waals surface area (Å²) in [4.78, 5) is 13.3. The molecule has 2 aromatic heterocycles. The van der Waals surface area contributed by atoms with Gasteiger partial charge < -0.3 is 9.64 Å². The first-order valence-electron chi connectivity index (χ1n) is 9.34. The third kappa shape index (κ3) is 4.75. The van der Waals surface area contributed by atoms with Gasteiger partial charge in [0, 0.05) is 25.3 Å². The maximum Gasteiger partial charge on any atom is 0.133 e. The molecule has 2 aromatic rings. The van der Waals surface area contributed by atoms with E-state index in [2.05, 4.69) is 20.1 Å². The van der Waals surface area contributed by atoms with Crippen LogP contribution in [0.4, 0.5) is 5.82 Å². The highest BCUT2D eigenvalue weighted by atomic mass is 16.5. The number of hydrogen-bond acceptors (Lipinski definition) is 6. The van der Waals surface area contributed by atoms with E-state index in [-0.39, 0.29) is 0 Å². The van der Waals surface area contributed by atoms with Gasteiger partial charge in [-0.2, -0.15) is 15.0 Å². The van der Waals surface area contributed by atoms with Crippen LogP contribution in [0.1, 0.15) is 57.0 Å². The van der Waals surface area contributed by atoms with Gasteiger partial charge >= 0.3 is 0 Å². The summed E-state index contributed by atoms with van der Waals surface area (Å²) in [5, 5.41) is 8.78. The molecule has 1 fully saturated rings. The van der Waals surface area contributed by atoms with E-state index in [1.165, 1.54) is 25.7 Å². The molecule has 7 heteroatoms. The lowest BCUT2D eigenvalue weighted by molar-refractivity contribution is 0.153. The zero-order valence-corrected chi connectivity index (χ0v) is 15.3. The Hall–Kier alpha value is -2.02. The predicted molar refractivity (Wildman–Crippen MR) is 96.5 cm³/mol. The molecule has 3 rings (SSSR count). The fourth-order valence-electron chi connectivity index (χ4n) is 3.27. The summed E-state index contributed by atoms with van der Waals surface area (Å²) in [6, 6.07) is 1.98. The second kappa shape index (κ2) is 8.89. The van der Waals surface area contributed by atoms with Gasteiger partial charge in [-0.1, -0.05) is 12.8 Å². The zero-order chi connectivity index (χ0) is 17.5. The summed E-state index contributed by atoms with van der Waals surface area (Å²) in [6.07, 6.45) is 8.68. The van der Waals surface area contributed by atoms with Crippen molar-refractivity contribution < 1.29 is 4.74 Å². The number of rotatable bonds is 9. The maximum atomic E-state index is 5.55. The molecule has 0 N–H and O–H groups in total. The van der Waals surface area contributed by atoms with E-state index in [0.29, 0.717) is 19.1 Å². The van der Waals surface area contributed by atoms with Gasteiger partial charge in [-0.05, 0) is 32.8 Å². The van der Waals surface area contributed by atoms with Crippen LogP contribution in [0.25, 0.3) is 0 Å². The SMILES string of the molecule is CCOCCN(Cc1cnn(CC)n1)c1ccnc(C2CCCC2)n1. The van der Waals surface area contributed by atoms with Crippen LogP contribution in [0.5, 0.6) is 0 Å². The minimum absolute atomic E-state index is 0.509. The van der Waals surface area contributed by atoms with Crippen molar-refractivity contribution in [2.75, 3.05) is 24.7 Å². The van der Waals surface area contributed by atoms with Crippen molar-refractivity contribution in [2.45, 2.75) is 58.5 Å². The van der Waals surface area contributed by atoms with Crippen molar-refractivity contribution in [1.29, 1.82) is 0 Å². The first-order valence-corrected chi connectivity index (χ1v) is 9.34. The molecular formula is C18H28N6O. The molecule has 1 aliphatic rings. The van der Waals surface area contributed by atoms with Gasteiger partial charge in [0.2, 0.25) is 0 Å². The summed E-state index contributed by atoms with van der Waals surface area (Å²) >= 11 is 0. The summed E-state index contributed by atoms with van der Waals surface area (Å²) < 4.78 is 5.55. The molecule has 0 aliphatic heterocycles. The van der Waals surface area contributed by atoms with E-state index in [0.717, 1.165) is 37.0 Å². The average Bonchev–Trinajstić information content (AvgIpc) is 3.33. The van der Waals surface area contributed by atoms with E-state index < -0.39 is 0 Å². The van der Waals surface area contributed by atoms with Crippen LogP contribution in [0, 0.1) is 0 Å². The number of ether oxygens (including phenoxy) is 1. The van der Waals surface area contributed by atoms with E-state index in [1.54, 1.807) is 4.80 Å². The second-order valence-corrected chi connectivity index (χ2v) is 6.40. The number of anilines is 1. The molecule has 1 aliphatic carbocycles. The molecule has 25 heavy (non-hydrogen) atoms. The van der Waals surface area contributed by atoms with Crippen LogP contribution in [-0.4, -0.2) is 44.7 Å². The molecule has 0 spiro atoms. The molecule has 0 saturated heterocycles. The van der Waals surface area contributed by atoms with Gasteiger partial charge in [0.1, 0.15) is 17.3 Å². The largest absolute Gasteiger partial charge is 0.380 e. The van der Waals surface area contributed by atoms with Gasteiger partial charge in [-0.15, -0.1) is 0 Å². The average molecular weight is 344 g/mol. The highest BCUT2D eigenvalue weighted by Gasteiger charge is 2.21. The van der Waals surface area contributed by atoms with Crippen LogP contribution in [0.2, 0.25) is 0 Å². The van der Waals surface area contributed by atoms with Crippen LogP contribution in [0.3, 0.4) is 0 Å². The third-order valence-corrected chi connectivity index (χ3v) is 4.63. The summed E-state index contributed by atoms with van der Waals surface area (Å²) in [6.45, 7) is 7.66. The Morgan fingerprint density at radius 1 is 1.28 bits per heavy atom. The Morgan fingerprint density at radius 3 is 2.84 bits per heavy atom. The Morgan fingerprint density at radius 2 is 2.12 bits per heavy atom. The monoisotopic (exact) mass is 344 g/mol. The van der Waals surface area contributed by atoms with E-state index >= 15 is 0 Å². The zero-order valence-electron chi connectivity index (χ0n) is 15.3. The van der Waals surface area contributed by atoms with Gasteiger partial charge in [0.15, 0.2) is 0 Å². The number of hydrogen-bond donors (Lipinski definition) is 0. The molecule has 0 aromatic carbocycles. The topological polar surface area (TPSA) is 69.0 Å². The second-order valence-electron chi connectivity index (χ2n) is 6.40. The predicted octanol–water partition coefficient (Wildman–Crippen LogP) is 2.79. The summed E-state index contributed by atoms with van der Waals surface area (Å²) in [5.41, 5.74) is 0.944. The van der Waals surface area contributed by atoms with Crippen LogP contribution in [-0.2, 0) is 17.8 Å². The first-order chi connectivity index (χ1) is 12.3. The fourth-order valence-corrected chi connectivity index (χ4v) is 3.27.